The van der Waals surface area contributed by atoms with Gasteiger partial charge >= 0.3 is 0 Å². The molecule has 0 aliphatic heterocycles. The zero-order chi connectivity index (χ0) is 18.4. The molecule has 2 rings (SSSR count). The summed E-state index contributed by atoms with van der Waals surface area (Å²) in [4.78, 5) is 4.43. The van der Waals surface area contributed by atoms with Gasteiger partial charge in [-0.3, -0.25) is 0 Å². The van der Waals surface area contributed by atoms with Crippen molar-refractivity contribution in [3.8, 4) is 5.75 Å². The van der Waals surface area contributed by atoms with Gasteiger partial charge in [0.25, 0.3) is 0 Å². The molecule has 0 fully saturated rings. The van der Waals surface area contributed by atoms with E-state index in [1.165, 1.54) is 35.7 Å². The van der Waals surface area contributed by atoms with Crippen LogP contribution < -0.4 is 4.74 Å². The van der Waals surface area contributed by atoms with Crippen LogP contribution in [0, 0.1) is 13.8 Å². The lowest BCUT2D eigenvalue weighted by molar-refractivity contribution is 0.318. The van der Waals surface area contributed by atoms with Gasteiger partial charge < -0.3 is 4.74 Å². The number of hydrogen-bond acceptors (Lipinski definition) is 5. The van der Waals surface area contributed by atoms with E-state index in [4.69, 9.17) is 4.74 Å². The van der Waals surface area contributed by atoms with Gasteiger partial charge in [-0.05, 0) is 55.7 Å². The van der Waals surface area contributed by atoms with Gasteiger partial charge in [0.15, 0.2) is 0 Å². The molecular formula is C18H24N2O3S2. The van der Waals surface area contributed by atoms with E-state index in [2.05, 4.69) is 24.9 Å². The van der Waals surface area contributed by atoms with Crippen molar-refractivity contribution in [3.05, 3.63) is 47.7 Å². The quantitative estimate of drug-likeness (QED) is 0.518. The van der Waals surface area contributed by atoms with Crippen molar-refractivity contribution >= 4 is 21.8 Å². The number of ether oxygens (including phenoxy) is 1. The Morgan fingerprint density at radius 2 is 1.80 bits per heavy atom. The number of hydrogen-bond donors (Lipinski definition) is 0. The minimum Gasteiger partial charge on any atom is -0.494 e. The molecule has 0 aliphatic carbocycles. The van der Waals surface area contributed by atoms with Crippen molar-refractivity contribution in [2.75, 3.05) is 26.5 Å². The van der Waals surface area contributed by atoms with Crippen LogP contribution in [-0.2, 0) is 10.0 Å². The molecule has 2 aromatic rings. The summed E-state index contributed by atoms with van der Waals surface area (Å²) in [6.07, 6.45) is 2.29. The summed E-state index contributed by atoms with van der Waals surface area (Å²) in [6, 6.07) is 9.52. The normalized spacial score (nSPS) is 11.7. The zero-order valence-corrected chi connectivity index (χ0v) is 16.7. The predicted octanol–water partition coefficient (Wildman–Crippen LogP) is 3.51. The smallest absolute Gasteiger partial charge is 0.244 e. The summed E-state index contributed by atoms with van der Waals surface area (Å²) in [7, 11) is -0.404. The van der Waals surface area contributed by atoms with Crippen molar-refractivity contribution in [2.45, 2.75) is 30.2 Å². The minimum absolute atomic E-state index is 0.208. The number of rotatable bonds is 8. The Kier molecular flexibility index (Phi) is 6.87. The molecule has 25 heavy (non-hydrogen) atoms. The second kappa shape index (κ2) is 8.69. The molecule has 0 bridgehead atoms. The summed E-state index contributed by atoms with van der Waals surface area (Å²) in [6.45, 7) is 4.76. The third-order valence-electron chi connectivity index (χ3n) is 3.49. The Labute approximate surface area is 154 Å². The zero-order valence-electron chi connectivity index (χ0n) is 15.0. The Morgan fingerprint density at radius 1 is 1.12 bits per heavy atom. The molecule has 5 nitrogen and oxygen atoms in total. The highest BCUT2D eigenvalue weighted by atomic mass is 32.2. The highest BCUT2D eigenvalue weighted by molar-refractivity contribution is 7.99. The first-order valence-corrected chi connectivity index (χ1v) is 10.4. The van der Waals surface area contributed by atoms with Crippen LogP contribution in [0.25, 0.3) is 0 Å². The number of benzene rings is 1. The molecule has 0 saturated carbocycles. The molecular weight excluding hydrogens is 356 g/mol. The number of nitrogens with zero attached hydrogens (tertiary/aromatic N) is 2. The van der Waals surface area contributed by atoms with E-state index in [0.717, 1.165) is 22.9 Å². The molecule has 0 N–H and O–H groups in total. The molecule has 0 aliphatic rings. The van der Waals surface area contributed by atoms with Crippen molar-refractivity contribution in [2.24, 2.45) is 0 Å². The van der Waals surface area contributed by atoms with Crippen LogP contribution in [0.5, 0.6) is 5.75 Å². The molecule has 136 valence electrons. The van der Waals surface area contributed by atoms with Gasteiger partial charge in [0.1, 0.15) is 10.6 Å². The van der Waals surface area contributed by atoms with Gasteiger partial charge in [-0.1, -0.05) is 6.07 Å². The van der Waals surface area contributed by atoms with Gasteiger partial charge in [0.05, 0.1) is 11.6 Å². The second-order valence-corrected chi connectivity index (χ2v) is 9.26. The summed E-state index contributed by atoms with van der Waals surface area (Å²) in [5, 5.41) is 0.809. The SMILES string of the molecule is Cc1cc(C)cc(OCCCSc2ccc(S(=O)(=O)N(C)C)cn2)c1. The van der Waals surface area contributed by atoms with Crippen molar-refractivity contribution in [3.63, 3.8) is 0 Å². The largest absolute Gasteiger partial charge is 0.494 e. The summed E-state index contributed by atoms with van der Waals surface area (Å²) in [5.41, 5.74) is 2.39. The number of aromatic nitrogens is 1. The fourth-order valence-corrected chi connectivity index (χ4v) is 3.87. The third-order valence-corrected chi connectivity index (χ3v) is 6.32. The molecule has 1 aromatic carbocycles. The van der Waals surface area contributed by atoms with Crippen LogP contribution in [0.2, 0.25) is 0 Å². The van der Waals surface area contributed by atoms with E-state index in [1.807, 2.05) is 12.1 Å². The van der Waals surface area contributed by atoms with E-state index in [9.17, 15) is 8.42 Å². The highest BCUT2D eigenvalue weighted by Gasteiger charge is 2.17. The van der Waals surface area contributed by atoms with E-state index in [-0.39, 0.29) is 4.90 Å². The monoisotopic (exact) mass is 380 g/mol. The fraction of sp³-hybridized carbons (Fsp3) is 0.389. The van der Waals surface area contributed by atoms with Gasteiger partial charge in [-0.2, -0.15) is 0 Å². The van der Waals surface area contributed by atoms with Crippen LogP contribution in [0.15, 0.2) is 46.5 Å². The number of pyridine rings is 1. The topological polar surface area (TPSA) is 59.5 Å². The molecule has 1 heterocycles. The fourth-order valence-electron chi connectivity index (χ4n) is 2.26. The molecule has 0 atom stereocenters. The van der Waals surface area contributed by atoms with Crippen LogP contribution >= 0.6 is 11.8 Å². The summed E-state index contributed by atoms with van der Waals surface area (Å²) in [5.74, 6) is 1.76. The second-order valence-electron chi connectivity index (χ2n) is 5.99. The van der Waals surface area contributed by atoms with Crippen LogP contribution in [0.3, 0.4) is 0 Å². The van der Waals surface area contributed by atoms with Gasteiger partial charge in [-0.15, -0.1) is 11.8 Å². The van der Waals surface area contributed by atoms with Crippen LogP contribution in [0.1, 0.15) is 17.5 Å². The van der Waals surface area contributed by atoms with Gasteiger partial charge in [0, 0.05) is 26.0 Å². The first kappa shape index (κ1) is 19.8. The lowest BCUT2D eigenvalue weighted by Crippen LogP contribution is -2.22. The molecule has 0 amide bonds. The van der Waals surface area contributed by atoms with E-state index >= 15 is 0 Å². The minimum atomic E-state index is -3.42. The summed E-state index contributed by atoms with van der Waals surface area (Å²) >= 11 is 1.59. The third kappa shape index (κ3) is 5.73. The maximum atomic E-state index is 12.0. The number of sulfonamides is 1. The lowest BCUT2D eigenvalue weighted by atomic mass is 10.1. The number of thioether (sulfide) groups is 1. The maximum absolute atomic E-state index is 12.0. The Hall–Kier alpha value is -1.57. The van der Waals surface area contributed by atoms with E-state index in [0.29, 0.717) is 6.61 Å². The predicted molar refractivity (Wildman–Crippen MR) is 102 cm³/mol. The van der Waals surface area contributed by atoms with E-state index < -0.39 is 10.0 Å². The van der Waals surface area contributed by atoms with Gasteiger partial charge in [-0.25, -0.2) is 17.7 Å². The molecule has 0 radical (unpaired) electrons. The first-order chi connectivity index (χ1) is 11.8. The van der Waals surface area contributed by atoms with Gasteiger partial charge in [0.2, 0.25) is 10.0 Å². The van der Waals surface area contributed by atoms with Crippen LogP contribution in [0.4, 0.5) is 0 Å². The number of aryl methyl sites for hydroxylation is 2. The molecule has 1 aromatic heterocycles. The highest BCUT2D eigenvalue weighted by Crippen LogP contribution is 2.20. The summed E-state index contributed by atoms with van der Waals surface area (Å²) < 4.78 is 30.9. The molecule has 0 spiro atoms. The van der Waals surface area contributed by atoms with Crippen molar-refractivity contribution in [1.29, 1.82) is 0 Å². The molecule has 0 saturated heterocycles. The van der Waals surface area contributed by atoms with Crippen LogP contribution in [-0.4, -0.2) is 44.2 Å². The van der Waals surface area contributed by atoms with Crippen molar-refractivity contribution in [1.82, 2.24) is 9.29 Å². The average molecular weight is 381 g/mol. The average Bonchev–Trinajstić information content (AvgIpc) is 2.54. The molecule has 0 unspecified atom stereocenters. The first-order valence-electron chi connectivity index (χ1n) is 8.01. The Balaban J connectivity index is 1.78. The van der Waals surface area contributed by atoms with E-state index in [1.54, 1.807) is 23.9 Å². The Morgan fingerprint density at radius 3 is 2.36 bits per heavy atom. The van der Waals surface area contributed by atoms with Crippen molar-refractivity contribution < 1.29 is 13.2 Å². The lowest BCUT2D eigenvalue weighted by Gasteiger charge is -2.11. The maximum Gasteiger partial charge on any atom is 0.244 e. The molecule has 7 heteroatoms. The Bertz CT molecular complexity index is 783. The standard InChI is InChI=1S/C18H24N2O3S2/c1-14-10-15(2)12-16(11-14)23-8-5-9-24-18-7-6-17(13-19-18)25(21,22)20(3)4/h6-7,10-13H,5,8-9H2,1-4H3.